The number of methoxy groups -OCH3 is 1. The van der Waals surface area contributed by atoms with Crippen molar-refractivity contribution in [3.05, 3.63) is 58.9 Å². The Hall–Kier alpha value is -2.29. The van der Waals surface area contributed by atoms with Crippen molar-refractivity contribution in [2.24, 2.45) is 0 Å². The van der Waals surface area contributed by atoms with Crippen LogP contribution in [-0.2, 0) is 12.8 Å². The van der Waals surface area contributed by atoms with E-state index in [1.54, 1.807) is 7.11 Å². The molecule has 0 fully saturated rings. The van der Waals surface area contributed by atoms with E-state index in [4.69, 9.17) is 9.72 Å². The summed E-state index contributed by atoms with van der Waals surface area (Å²) in [5, 5.41) is 0. The molecule has 0 bridgehead atoms. The molecule has 1 aromatic heterocycles. The fraction of sp³-hybridized carbons (Fsp3) is 0.316. The second kappa shape index (κ2) is 6.22. The van der Waals surface area contributed by atoms with Crippen LogP contribution in [0, 0.1) is 13.8 Å². The van der Waals surface area contributed by atoms with Crippen LogP contribution in [0.2, 0.25) is 0 Å². The molecular formula is C19H22N2O. The molecule has 0 aliphatic carbocycles. The summed E-state index contributed by atoms with van der Waals surface area (Å²) in [5.74, 6) is 1.99. The van der Waals surface area contributed by atoms with Gasteiger partial charge in [0.1, 0.15) is 11.6 Å². The van der Waals surface area contributed by atoms with Crippen LogP contribution in [0.1, 0.15) is 28.9 Å². The van der Waals surface area contributed by atoms with Crippen molar-refractivity contribution >= 4 is 11.0 Å². The molecule has 0 spiro atoms. The van der Waals surface area contributed by atoms with Gasteiger partial charge in [-0.05, 0) is 67.6 Å². The lowest BCUT2D eigenvalue weighted by atomic mass is 10.1. The molecule has 0 radical (unpaired) electrons. The van der Waals surface area contributed by atoms with E-state index in [1.165, 1.54) is 16.7 Å². The Labute approximate surface area is 131 Å². The number of hydrogen-bond donors (Lipinski definition) is 1. The molecule has 22 heavy (non-hydrogen) atoms. The third-order valence-electron chi connectivity index (χ3n) is 4.18. The first-order valence-electron chi connectivity index (χ1n) is 7.74. The fourth-order valence-corrected chi connectivity index (χ4v) is 2.69. The van der Waals surface area contributed by atoms with Crippen LogP contribution >= 0.6 is 0 Å². The molecule has 0 atom stereocenters. The van der Waals surface area contributed by atoms with Crippen molar-refractivity contribution < 1.29 is 4.74 Å². The van der Waals surface area contributed by atoms with Crippen molar-refractivity contribution in [2.45, 2.75) is 33.1 Å². The van der Waals surface area contributed by atoms with Crippen LogP contribution in [0.3, 0.4) is 0 Å². The van der Waals surface area contributed by atoms with Crippen molar-refractivity contribution in [2.75, 3.05) is 7.11 Å². The molecule has 0 unspecified atom stereocenters. The molecule has 3 aromatic rings. The normalized spacial score (nSPS) is 11.0. The monoisotopic (exact) mass is 294 g/mol. The van der Waals surface area contributed by atoms with Gasteiger partial charge in [-0.2, -0.15) is 0 Å². The van der Waals surface area contributed by atoms with Gasteiger partial charge in [0.25, 0.3) is 0 Å². The first kappa shape index (κ1) is 14.6. The van der Waals surface area contributed by atoms with Gasteiger partial charge >= 0.3 is 0 Å². The summed E-state index contributed by atoms with van der Waals surface area (Å²) in [4.78, 5) is 8.13. The van der Waals surface area contributed by atoms with Gasteiger partial charge in [0.15, 0.2) is 0 Å². The van der Waals surface area contributed by atoms with E-state index in [2.05, 4.69) is 43.1 Å². The van der Waals surface area contributed by atoms with E-state index in [1.807, 2.05) is 12.1 Å². The van der Waals surface area contributed by atoms with E-state index in [9.17, 15) is 0 Å². The van der Waals surface area contributed by atoms with Crippen LogP contribution in [0.15, 0.2) is 36.4 Å². The number of aryl methyl sites for hydroxylation is 4. The number of nitrogens with zero attached hydrogens (tertiary/aromatic N) is 1. The van der Waals surface area contributed by atoms with Gasteiger partial charge in [0, 0.05) is 6.42 Å². The molecule has 0 amide bonds. The first-order chi connectivity index (χ1) is 10.7. The molecule has 3 heteroatoms. The maximum Gasteiger partial charge on any atom is 0.118 e. The van der Waals surface area contributed by atoms with E-state index >= 15 is 0 Å². The molecule has 3 nitrogen and oxygen atoms in total. The number of aromatic amines is 1. The highest BCUT2D eigenvalue weighted by atomic mass is 16.5. The Balaban J connectivity index is 1.63. The van der Waals surface area contributed by atoms with Gasteiger partial charge in [-0.15, -0.1) is 0 Å². The minimum Gasteiger partial charge on any atom is -0.497 e. The summed E-state index contributed by atoms with van der Waals surface area (Å²) >= 11 is 0. The summed E-state index contributed by atoms with van der Waals surface area (Å²) in [5.41, 5.74) is 6.15. The lowest BCUT2D eigenvalue weighted by Gasteiger charge is -2.02. The Kier molecular flexibility index (Phi) is 4.14. The van der Waals surface area contributed by atoms with E-state index < -0.39 is 0 Å². The molecule has 1 heterocycles. The number of rotatable bonds is 5. The summed E-state index contributed by atoms with van der Waals surface area (Å²) in [7, 11) is 1.69. The molecule has 1 N–H and O–H groups in total. The summed E-state index contributed by atoms with van der Waals surface area (Å²) < 4.78 is 5.18. The molecule has 3 rings (SSSR count). The average molecular weight is 294 g/mol. The molecule has 114 valence electrons. The Morgan fingerprint density at radius 1 is 1.00 bits per heavy atom. The quantitative estimate of drug-likeness (QED) is 0.759. The molecular weight excluding hydrogens is 272 g/mol. The van der Waals surface area contributed by atoms with Crippen LogP contribution in [0.5, 0.6) is 5.75 Å². The zero-order valence-corrected chi connectivity index (χ0v) is 13.4. The summed E-state index contributed by atoms with van der Waals surface area (Å²) in [6.45, 7) is 4.27. The number of aromatic nitrogens is 2. The number of hydrogen-bond acceptors (Lipinski definition) is 2. The number of benzene rings is 2. The standard InChI is InChI=1S/C19H22N2O/c1-13-11-17-18(12-14(13)2)21-19(20-17)6-4-5-15-7-9-16(22-3)10-8-15/h7-12H,4-6H2,1-3H3,(H,20,21). The van der Waals surface area contributed by atoms with E-state index in [-0.39, 0.29) is 0 Å². The van der Waals surface area contributed by atoms with Crippen LogP contribution in [0.4, 0.5) is 0 Å². The highest BCUT2D eigenvalue weighted by molar-refractivity contribution is 5.77. The molecule has 0 aliphatic rings. The summed E-state index contributed by atoms with van der Waals surface area (Å²) in [6.07, 6.45) is 3.11. The molecule has 0 aliphatic heterocycles. The number of fused-ring (bicyclic) bond motifs is 1. The number of H-pyrrole nitrogens is 1. The maximum atomic E-state index is 5.18. The van der Waals surface area contributed by atoms with Crippen LogP contribution < -0.4 is 4.74 Å². The SMILES string of the molecule is COc1ccc(CCCc2nc3cc(C)c(C)cc3[nH]2)cc1. The second-order valence-corrected chi connectivity index (χ2v) is 5.84. The zero-order chi connectivity index (χ0) is 15.5. The second-order valence-electron chi connectivity index (χ2n) is 5.84. The van der Waals surface area contributed by atoms with Gasteiger partial charge in [0.2, 0.25) is 0 Å². The van der Waals surface area contributed by atoms with Gasteiger partial charge < -0.3 is 9.72 Å². The smallest absolute Gasteiger partial charge is 0.118 e. The van der Waals surface area contributed by atoms with E-state index in [0.717, 1.165) is 41.9 Å². The van der Waals surface area contributed by atoms with Crippen molar-refractivity contribution in [1.29, 1.82) is 0 Å². The topological polar surface area (TPSA) is 37.9 Å². The van der Waals surface area contributed by atoms with Crippen molar-refractivity contribution in [1.82, 2.24) is 9.97 Å². The molecule has 0 saturated carbocycles. The third-order valence-corrected chi connectivity index (χ3v) is 4.18. The minimum atomic E-state index is 0.909. The number of ether oxygens (including phenoxy) is 1. The zero-order valence-electron chi connectivity index (χ0n) is 13.4. The number of imidazole rings is 1. The van der Waals surface area contributed by atoms with Crippen LogP contribution in [-0.4, -0.2) is 17.1 Å². The lowest BCUT2D eigenvalue weighted by molar-refractivity contribution is 0.414. The first-order valence-corrected chi connectivity index (χ1v) is 7.74. The number of nitrogens with one attached hydrogen (secondary N) is 1. The maximum absolute atomic E-state index is 5.18. The largest absolute Gasteiger partial charge is 0.497 e. The average Bonchev–Trinajstić information content (AvgIpc) is 2.90. The molecule has 2 aromatic carbocycles. The van der Waals surface area contributed by atoms with Gasteiger partial charge in [0.05, 0.1) is 18.1 Å². The summed E-state index contributed by atoms with van der Waals surface area (Å²) in [6, 6.07) is 12.6. The predicted molar refractivity (Wildman–Crippen MR) is 90.6 cm³/mol. The predicted octanol–water partition coefficient (Wildman–Crippen LogP) is 4.36. The minimum absolute atomic E-state index is 0.909. The van der Waals surface area contributed by atoms with E-state index in [0.29, 0.717) is 0 Å². The highest BCUT2D eigenvalue weighted by Crippen LogP contribution is 2.18. The van der Waals surface area contributed by atoms with Crippen molar-refractivity contribution in [3.8, 4) is 5.75 Å². The Bertz CT molecular complexity index is 733. The van der Waals surface area contributed by atoms with Gasteiger partial charge in [-0.25, -0.2) is 4.98 Å². The lowest BCUT2D eigenvalue weighted by Crippen LogP contribution is -1.92. The highest BCUT2D eigenvalue weighted by Gasteiger charge is 2.05. The Morgan fingerprint density at radius 2 is 1.73 bits per heavy atom. The third kappa shape index (κ3) is 3.14. The van der Waals surface area contributed by atoms with Crippen molar-refractivity contribution in [3.63, 3.8) is 0 Å². The fourth-order valence-electron chi connectivity index (χ4n) is 2.69. The van der Waals surface area contributed by atoms with Gasteiger partial charge in [-0.1, -0.05) is 12.1 Å². The Morgan fingerprint density at radius 3 is 2.45 bits per heavy atom. The van der Waals surface area contributed by atoms with Gasteiger partial charge in [-0.3, -0.25) is 0 Å². The molecule has 0 saturated heterocycles. The van der Waals surface area contributed by atoms with Crippen LogP contribution in [0.25, 0.3) is 11.0 Å².